The number of imidazole rings is 1. The molecule has 0 saturated heterocycles. The average Bonchev–Trinajstić information content (AvgIpc) is 3.29. The van der Waals surface area contributed by atoms with Gasteiger partial charge >= 0.3 is 0 Å². The molecule has 1 fully saturated rings. The van der Waals surface area contributed by atoms with Gasteiger partial charge in [0, 0.05) is 35.1 Å². The summed E-state index contributed by atoms with van der Waals surface area (Å²) in [6, 6.07) is 10.5. The van der Waals surface area contributed by atoms with Crippen molar-refractivity contribution in [3.63, 3.8) is 0 Å². The average molecular weight is 403 g/mol. The molecular weight excluding hydrogens is 376 g/mol. The number of carbonyl (C=O) groups is 1. The Morgan fingerprint density at radius 1 is 1.17 bits per heavy atom. The van der Waals surface area contributed by atoms with Crippen molar-refractivity contribution in [1.82, 2.24) is 24.8 Å². The Labute approximate surface area is 174 Å². The highest BCUT2D eigenvalue weighted by Gasteiger charge is 2.25. The summed E-state index contributed by atoms with van der Waals surface area (Å²) >= 11 is 0. The first-order valence-electron chi connectivity index (χ1n) is 10.5. The van der Waals surface area contributed by atoms with Crippen molar-refractivity contribution in [3.8, 4) is 11.3 Å². The van der Waals surface area contributed by atoms with Crippen molar-refractivity contribution >= 4 is 33.7 Å². The van der Waals surface area contributed by atoms with Gasteiger partial charge in [-0.1, -0.05) is 12.5 Å². The SMILES string of the molecule is Cc1nc2c(-c3cc4cc(CN(C)C5CCCCC5=O)ccc4[nH]3)cc(N)nc2[nH]1. The Balaban J connectivity index is 1.47. The van der Waals surface area contributed by atoms with Crippen LogP contribution in [0.5, 0.6) is 0 Å². The number of rotatable bonds is 4. The van der Waals surface area contributed by atoms with Crippen molar-refractivity contribution < 1.29 is 4.79 Å². The second-order valence-electron chi connectivity index (χ2n) is 8.36. The lowest BCUT2D eigenvalue weighted by molar-refractivity contribution is -0.125. The van der Waals surface area contributed by atoms with Gasteiger partial charge in [0.25, 0.3) is 0 Å². The topological polar surface area (TPSA) is 104 Å². The maximum atomic E-state index is 12.3. The Morgan fingerprint density at radius 2 is 2.03 bits per heavy atom. The van der Waals surface area contributed by atoms with Gasteiger partial charge in [-0.05, 0) is 56.6 Å². The van der Waals surface area contributed by atoms with Gasteiger partial charge < -0.3 is 15.7 Å². The number of fused-ring (bicyclic) bond motifs is 2. The van der Waals surface area contributed by atoms with E-state index < -0.39 is 0 Å². The second kappa shape index (κ2) is 7.25. The number of nitrogens with two attached hydrogens (primary N) is 1. The number of aryl methyl sites for hydroxylation is 1. The van der Waals surface area contributed by atoms with Gasteiger partial charge in [0.1, 0.15) is 22.9 Å². The molecule has 3 heterocycles. The number of hydrogen-bond donors (Lipinski definition) is 3. The minimum atomic E-state index is 0.0483. The van der Waals surface area contributed by atoms with E-state index in [2.05, 4.69) is 56.1 Å². The van der Waals surface area contributed by atoms with Crippen molar-refractivity contribution in [2.45, 2.75) is 45.2 Å². The summed E-state index contributed by atoms with van der Waals surface area (Å²) < 4.78 is 0. The largest absolute Gasteiger partial charge is 0.384 e. The monoisotopic (exact) mass is 402 g/mol. The highest BCUT2D eigenvalue weighted by Crippen LogP contribution is 2.31. The van der Waals surface area contributed by atoms with Crippen molar-refractivity contribution in [3.05, 3.63) is 41.7 Å². The summed E-state index contributed by atoms with van der Waals surface area (Å²) in [5, 5.41) is 1.13. The number of likely N-dealkylation sites (N-methyl/N-ethyl adjacent to an activating group) is 1. The summed E-state index contributed by atoms with van der Waals surface area (Å²) in [6.07, 6.45) is 3.85. The number of Topliss-reactive ketones (excluding diaryl/α,β-unsaturated/α-hetero) is 1. The maximum absolute atomic E-state index is 12.3. The molecule has 1 saturated carbocycles. The normalized spacial score (nSPS) is 17.4. The fourth-order valence-corrected chi connectivity index (χ4v) is 4.59. The van der Waals surface area contributed by atoms with Gasteiger partial charge in [0.2, 0.25) is 0 Å². The standard InChI is InChI=1S/C23H26N6O/c1-13-25-22-16(11-21(24)28-23(22)26-13)18-10-15-9-14(7-8-17(15)27-18)12-29(2)19-5-3-4-6-20(19)30/h7-11,19,27H,3-6,12H2,1-2H3,(H3,24,25,26,28). The van der Waals surface area contributed by atoms with Crippen LogP contribution in [0, 0.1) is 6.92 Å². The van der Waals surface area contributed by atoms with Gasteiger partial charge in [0.15, 0.2) is 5.65 Å². The Bertz CT molecular complexity index is 1250. The fourth-order valence-electron chi connectivity index (χ4n) is 4.59. The van der Waals surface area contributed by atoms with Gasteiger partial charge in [-0.15, -0.1) is 0 Å². The molecule has 4 N–H and O–H groups in total. The number of H-pyrrole nitrogens is 2. The second-order valence-corrected chi connectivity index (χ2v) is 8.36. The first-order valence-corrected chi connectivity index (χ1v) is 10.5. The van der Waals surface area contributed by atoms with E-state index in [0.717, 1.165) is 59.3 Å². The molecule has 7 nitrogen and oxygen atoms in total. The van der Waals surface area contributed by atoms with Crippen LogP contribution < -0.4 is 5.73 Å². The van der Waals surface area contributed by atoms with E-state index in [1.807, 2.05) is 13.0 Å². The predicted octanol–water partition coefficient (Wildman–Crippen LogP) is 3.94. The molecule has 1 unspecified atom stereocenters. The Hall–Kier alpha value is -3.19. The molecule has 30 heavy (non-hydrogen) atoms. The number of benzene rings is 1. The van der Waals surface area contributed by atoms with Gasteiger partial charge in [0.05, 0.1) is 6.04 Å². The van der Waals surface area contributed by atoms with Crippen LogP contribution in [-0.2, 0) is 11.3 Å². The van der Waals surface area contributed by atoms with Gasteiger partial charge in [-0.25, -0.2) is 9.97 Å². The third kappa shape index (κ3) is 3.35. The summed E-state index contributed by atoms with van der Waals surface area (Å²) in [4.78, 5) is 30.0. The number of nitrogen functional groups attached to an aromatic ring is 1. The number of ketones is 1. The number of anilines is 1. The van der Waals surface area contributed by atoms with Gasteiger partial charge in [-0.3, -0.25) is 9.69 Å². The van der Waals surface area contributed by atoms with Crippen LogP contribution in [0.15, 0.2) is 30.3 Å². The molecule has 0 aliphatic heterocycles. The molecule has 0 amide bonds. The number of carbonyl (C=O) groups excluding carboxylic acids is 1. The first kappa shape index (κ1) is 18.8. The zero-order valence-corrected chi connectivity index (χ0v) is 17.3. The number of aromatic nitrogens is 4. The van der Waals surface area contributed by atoms with Crippen molar-refractivity contribution in [2.75, 3.05) is 12.8 Å². The first-order chi connectivity index (χ1) is 14.5. The van der Waals surface area contributed by atoms with E-state index in [9.17, 15) is 4.79 Å². The number of aromatic amines is 2. The zero-order chi connectivity index (χ0) is 20.8. The molecule has 1 aromatic carbocycles. The lowest BCUT2D eigenvalue weighted by atomic mass is 9.93. The highest BCUT2D eigenvalue weighted by molar-refractivity contribution is 5.95. The molecule has 1 atom stereocenters. The van der Waals surface area contributed by atoms with E-state index in [1.165, 1.54) is 5.56 Å². The quantitative estimate of drug-likeness (QED) is 0.480. The predicted molar refractivity (Wildman–Crippen MR) is 119 cm³/mol. The summed E-state index contributed by atoms with van der Waals surface area (Å²) in [5.41, 5.74) is 11.7. The molecule has 0 spiro atoms. The summed E-state index contributed by atoms with van der Waals surface area (Å²) in [7, 11) is 2.05. The lowest BCUT2D eigenvalue weighted by Crippen LogP contribution is -2.39. The van der Waals surface area contributed by atoms with Gasteiger partial charge in [-0.2, -0.15) is 0 Å². The van der Waals surface area contributed by atoms with Crippen LogP contribution in [0.4, 0.5) is 5.82 Å². The minimum Gasteiger partial charge on any atom is -0.384 e. The lowest BCUT2D eigenvalue weighted by Gasteiger charge is -2.29. The molecule has 5 rings (SSSR count). The molecule has 3 aromatic heterocycles. The van der Waals surface area contributed by atoms with E-state index in [1.54, 1.807) is 0 Å². The number of hydrogen-bond acceptors (Lipinski definition) is 5. The van der Waals surface area contributed by atoms with Crippen LogP contribution in [0.3, 0.4) is 0 Å². The Morgan fingerprint density at radius 3 is 2.87 bits per heavy atom. The smallest absolute Gasteiger partial charge is 0.160 e. The molecule has 7 heteroatoms. The van der Waals surface area contributed by atoms with Crippen LogP contribution in [0.1, 0.15) is 37.1 Å². The number of nitrogens with one attached hydrogen (secondary N) is 2. The molecule has 1 aliphatic carbocycles. The molecule has 154 valence electrons. The molecule has 0 radical (unpaired) electrons. The van der Waals surface area contributed by atoms with Crippen LogP contribution >= 0.6 is 0 Å². The number of pyridine rings is 1. The fraction of sp³-hybridized carbons (Fsp3) is 0.348. The highest BCUT2D eigenvalue weighted by atomic mass is 16.1. The maximum Gasteiger partial charge on any atom is 0.160 e. The third-order valence-electron chi connectivity index (χ3n) is 6.05. The molecule has 0 bridgehead atoms. The van der Waals surface area contributed by atoms with E-state index in [-0.39, 0.29) is 6.04 Å². The molecule has 4 aromatic rings. The zero-order valence-electron chi connectivity index (χ0n) is 17.3. The van der Waals surface area contributed by atoms with E-state index in [4.69, 9.17) is 5.73 Å². The minimum absolute atomic E-state index is 0.0483. The third-order valence-corrected chi connectivity index (χ3v) is 6.05. The van der Waals surface area contributed by atoms with Crippen LogP contribution in [0.2, 0.25) is 0 Å². The van der Waals surface area contributed by atoms with Crippen LogP contribution in [-0.4, -0.2) is 43.7 Å². The summed E-state index contributed by atoms with van der Waals surface area (Å²) in [5.74, 6) is 1.64. The van der Waals surface area contributed by atoms with E-state index >= 15 is 0 Å². The number of nitrogens with zero attached hydrogens (tertiary/aromatic N) is 3. The molecular formula is C23H26N6O. The van der Waals surface area contributed by atoms with E-state index in [0.29, 0.717) is 23.7 Å². The summed E-state index contributed by atoms with van der Waals surface area (Å²) in [6.45, 7) is 2.67. The van der Waals surface area contributed by atoms with Crippen molar-refractivity contribution in [2.24, 2.45) is 0 Å². The Kier molecular flexibility index (Phi) is 4.55. The van der Waals surface area contributed by atoms with Crippen molar-refractivity contribution in [1.29, 1.82) is 0 Å². The molecule has 1 aliphatic rings. The van der Waals surface area contributed by atoms with Crippen LogP contribution in [0.25, 0.3) is 33.3 Å².